The van der Waals surface area contributed by atoms with Crippen molar-refractivity contribution in [3.8, 4) is 11.3 Å². The lowest BCUT2D eigenvalue weighted by molar-refractivity contribution is 0.201. The maximum absolute atomic E-state index is 12.5. The van der Waals surface area contributed by atoms with Crippen molar-refractivity contribution in [1.29, 1.82) is 0 Å². The van der Waals surface area contributed by atoms with Crippen LogP contribution in [0.4, 0.5) is 4.79 Å². The molecule has 1 aromatic carbocycles. The highest BCUT2D eigenvalue weighted by Gasteiger charge is 2.26. The number of hydrogen-bond acceptors (Lipinski definition) is 6. The molecule has 2 heterocycles. The summed E-state index contributed by atoms with van der Waals surface area (Å²) in [5.74, 6) is 0.802. The highest BCUT2D eigenvalue weighted by Crippen LogP contribution is 2.33. The van der Waals surface area contributed by atoms with E-state index in [2.05, 4.69) is 16.5 Å². The molecule has 0 aliphatic rings. The summed E-state index contributed by atoms with van der Waals surface area (Å²) in [4.78, 5) is 19.7. The number of hydrogen-bond donors (Lipinski definition) is 2. The van der Waals surface area contributed by atoms with Gasteiger partial charge in [0.05, 0.1) is 5.01 Å². The van der Waals surface area contributed by atoms with Crippen molar-refractivity contribution < 1.29 is 18.3 Å². The van der Waals surface area contributed by atoms with Gasteiger partial charge in [-0.25, -0.2) is 27.9 Å². The molecule has 0 fully saturated rings. The van der Waals surface area contributed by atoms with Crippen molar-refractivity contribution in [2.24, 2.45) is 0 Å². The third-order valence-electron chi connectivity index (χ3n) is 4.25. The van der Waals surface area contributed by atoms with Crippen molar-refractivity contribution in [3.05, 3.63) is 59.6 Å². The second-order valence-corrected chi connectivity index (χ2v) is 9.72. The summed E-state index contributed by atoms with van der Waals surface area (Å²) in [6.07, 6.45) is 3.37. The number of nitrogens with one attached hydrogen (secondary N) is 1. The van der Waals surface area contributed by atoms with Gasteiger partial charge in [0.15, 0.2) is 4.21 Å². The third-order valence-corrected chi connectivity index (χ3v) is 7.19. The van der Waals surface area contributed by atoms with Crippen LogP contribution in [0.3, 0.4) is 0 Å². The molecule has 158 valence electrons. The van der Waals surface area contributed by atoms with Crippen LogP contribution in [-0.2, 0) is 23.0 Å². The number of aromatic nitrogens is 3. The van der Waals surface area contributed by atoms with E-state index in [4.69, 9.17) is 5.11 Å². The van der Waals surface area contributed by atoms with Gasteiger partial charge in [0.2, 0.25) is 0 Å². The summed E-state index contributed by atoms with van der Waals surface area (Å²) in [6.45, 7) is 8.38. The molecule has 10 heteroatoms. The predicted octanol–water partition coefficient (Wildman–Crippen LogP) is 4.00. The van der Waals surface area contributed by atoms with E-state index in [1.165, 1.54) is 0 Å². The molecule has 0 saturated heterocycles. The predicted molar refractivity (Wildman–Crippen MR) is 116 cm³/mol. The highest BCUT2D eigenvalue weighted by molar-refractivity contribution is 7.92. The Labute approximate surface area is 179 Å². The normalized spacial score (nSPS) is 11.4. The molecule has 0 saturated carbocycles. The summed E-state index contributed by atoms with van der Waals surface area (Å²) in [6, 6.07) is 7.35. The average molecular weight is 447 g/mol. The van der Waals surface area contributed by atoms with Crippen molar-refractivity contribution in [2.45, 2.75) is 37.4 Å². The smallest absolute Gasteiger partial charge is 0.418 e. The van der Waals surface area contributed by atoms with E-state index >= 15 is 0 Å². The number of nitrogens with zero attached hydrogens (tertiary/aromatic N) is 3. The third kappa shape index (κ3) is 4.77. The molecule has 2 N–H and O–H groups in total. The lowest BCUT2D eigenvalue weighted by atomic mass is 10.1. The molecule has 0 radical (unpaired) electrons. The number of allylic oxidation sites excluding steroid dienone is 1. The maximum Gasteiger partial charge on any atom is 0.418 e. The number of carbonyl (C=O) groups is 1. The van der Waals surface area contributed by atoms with Gasteiger partial charge in [-0.2, -0.15) is 0 Å². The molecule has 30 heavy (non-hydrogen) atoms. The molecule has 8 nitrogen and oxygen atoms in total. The molecule has 3 aromatic rings. The van der Waals surface area contributed by atoms with Crippen molar-refractivity contribution >= 4 is 33.0 Å². The van der Waals surface area contributed by atoms with E-state index < -0.39 is 16.1 Å². The Morgan fingerprint density at radius 2 is 2.00 bits per heavy atom. The van der Waals surface area contributed by atoms with E-state index in [0.29, 0.717) is 23.5 Å². The minimum atomic E-state index is -4.22. The average Bonchev–Trinajstić information content (AvgIpc) is 3.29. The van der Waals surface area contributed by atoms with Crippen LogP contribution in [0.5, 0.6) is 0 Å². The number of imidazole rings is 1. The first kappa shape index (κ1) is 21.7. The van der Waals surface area contributed by atoms with Crippen LogP contribution < -0.4 is 4.72 Å². The Bertz CT molecular complexity index is 1180. The van der Waals surface area contributed by atoms with E-state index in [0.717, 1.165) is 34.7 Å². The molecule has 0 atom stereocenters. The quantitative estimate of drug-likeness (QED) is 0.541. The molecule has 0 unspecified atom stereocenters. The Morgan fingerprint density at radius 1 is 1.30 bits per heavy atom. The Morgan fingerprint density at radius 3 is 2.60 bits per heavy atom. The molecule has 2 aromatic heterocycles. The van der Waals surface area contributed by atoms with Crippen LogP contribution in [0, 0.1) is 0 Å². The number of thiazole rings is 1. The van der Waals surface area contributed by atoms with E-state index in [1.807, 2.05) is 36.7 Å². The van der Waals surface area contributed by atoms with E-state index in [9.17, 15) is 13.2 Å². The number of amides is 1. The van der Waals surface area contributed by atoms with Crippen molar-refractivity contribution in [2.75, 3.05) is 0 Å². The van der Waals surface area contributed by atoms with Crippen LogP contribution >= 0.6 is 11.3 Å². The SMILES string of the molecule is C=C(C)c1nccn1Cc1ccc(-c2nc(CCC)sc2S(=O)(=O)NC(=O)O)cc1. The maximum atomic E-state index is 12.5. The van der Waals surface area contributed by atoms with Gasteiger partial charge in [-0.05, 0) is 30.9 Å². The molecule has 0 spiro atoms. The van der Waals surface area contributed by atoms with Crippen LogP contribution in [0.25, 0.3) is 16.8 Å². The van der Waals surface area contributed by atoms with Crippen LogP contribution in [0.15, 0.2) is 47.4 Å². The molecule has 0 aliphatic heterocycles. The van der Waals surface area contributed by atoms with Gasteiger partial charge in [-0.15, -0.1) is 11.3 Å². The fraction of sp³-hybridized carbons (Fsp3) is 0.250. The minimum Gasteiger partial charge on any atom is -0.464 e. The van der Waals surface area contributed by atoms with Gasteiger partial charge < -0.3 is 9.67 Å². The first-order valence-corrected chi connectivity index (χ1v) is 11.5. The molecular formula is C20H22N4O4S2. The zero-order chi connectivity index (χ0) is 21.9. The van der Waals surface area contributed by atoms with E-state index in [-0.39, 0.29) is 9.90 Å². The Balaban J connectivity index is 1.94. The fourth-order valence-electron chi connectivity index (χ4n) is 2.97. The summed E-state index contributed by atoms with van der Waals surface area (Å²) in [7, 11) is -4.22. The second-order valence-electron chi connectivity index (χ2n) is 6.76. The Kier molecular flexibility index (Phi) is 6.37. The minimum absolute atomic E-state index is 0.0970. The summed E-state index contributed by atoms with van der Waals surface area (Å²) >= 11 is 0.994. The standard InChI is InChI=1S/C20H22N4O4S2/c1-4-5-16-22-17(19(29-16)30(27,28)23-20(25)26)15-8-6-14(7-9-15)12-24-11-10-21-18(24)13(2)3/h6-11,23H,2,4-5,12H2,1,3H3,(H,25,26). The molecule has 3 rings (SSSR count). The number of benzene rings is 1. The first-order valence-electron chi connectivity index (χ1n) is 9.23. The summed E-state index contributed by atoms with van der Waals surface area (Å²) in [5, 5.41) is 9.53. The van der Waals surface area contributed by atoms with Gasteiger partial charge in [0.1, 0.15) is 11.5 Å². The van der Waals surface area contributed by atoms with Gasteiger partial charge in [0, 0.05) is 24.5 Å². The second kappa shape index (κ2) is 8.80. The summed E-state index contributed by atoms with van der Waals surface area (Å²) in [5.41, 5.74) is 2.72. The largest absolute Gasteiger partial charge is 0.464 e. The molecular weight excluding hydrogens is 424 g/mol. The van der Waals surface area contributed by atoms with Gasteiger partial charge in [0.25, 0.3) is 10.0 Å². The lowest BCUT2D eigenvalue weighted by Gasteiger charge is -2.09. The van der Waals surface area contributed by atoms with Crippen molar-refractivity contribution in [3.63, 3.8) is 0 Å². The van der Waals surface area contributed by atoms with Crippen LogP contribution in [-0.4, -0.2) is 34.2 Å². The lowest BCUT2D eigenvalue weighted by Crippen LogP contribution is -2.28. The first-order chi connectivity index (χ1) is 14.2. The molecule has 0 bridgehead atoms. The summed E-state index contributed by atoms with van der Waals surface area (Å²) < 4.78 is 28.5. The van der Waals surface area contributed by atoms with Crippen molar-refractivity contribution in [1.82, 2.24) is 19.3 Å². The van der Waals surface area contributed by atoms with Gasteiger partial charge in [-0.3, -0.25) is 0 Å². The highest BCUT2D eigenvalue weighted by atomic mass is 32.2. The van der Waals surface area contributed by atoms with Gasteiger partial charge in [-0.1, -0.05) is 37.8 Å². The van der Waals surface area contributed by atoms with Gasteiger partial charge >= 0.3 is 6.09 Å². The molecule has 0 aliphatic carbocycles. The number of carboxylic acid groups (broad SMARTS) is 1. The zero-order valence-electron chi connectivity index (χ0n) is 16.6. The number of aryl methyl sites for hydroxylation is 1. The van der Waals surface area contributed by atoms with E-state index in [1.54, 1.807) is 23.1 Å². The monoisotopic (exact) mass is 446 g/mol. The Hall–Kier alpha value is -2.98. The van der Waals surface area contributed by atoms with Crippen LogP contribution in [0.2, 0.25) is 0 Å². The number of rotatable bonds is 8. The number of sulfonamides is 1. The molecule has 1 amide bonds. The van der Waals surface area contributed by atoms with Crippen LogP contribution in [0.1, 0.15) is 36.7 Å². The fourth-order valence-corrected chi connectivity index (χ4v) is 5.48. The zero-order valence-corrected chi connectivity index (χ0v) is 18.3. The topological polar surface area (TPSA) is 114 Å².